The third-order valence-electron chi connectivity index (χ3n) is 1.18. The normalized spacial score (nSPS) is 16.1. The second-order valence-corrected chi connectivity index (χ2v) is 4.20. The van der Waals surface area contributed by atoms with Crippen molar-refractivity contribution in [3.63, 3.8) is 0 Å². The molecule has 0 N–H and O–H groups in total. The lowest BCUT2D eigenvalue weighted by Gasteiger charge is -2.17. The van der Waals surface area contributed by atoms with Crippen LogP contribution in [-0.4, -0.2) is 17.1 Å². The molecule has 0 saturated heterocycles. The average Bonchev–Trinajstić information content (AvgIpc) is 1.59. The van der Waals surface area contributed by atoms with Gasteiger partial charge in [-0.05, 0) is 40.3 Å². The van der Waals surface area contributed by atoms with Gasteiger partial charge in [-0.1, -0.05) is 0 Å². The summed E-state index contributed by atoms with van der Waals surface area (Å²) in [4.78, 5) is 4.08. The highest BCUT2D eigenvalue weighted by molar-refractivity contribution is 6.23. The number of alkyl halides is 1. The fourth-order valence-corrected chi connectivity index (χ4v) is 1.23. The van der Waals surface area contributed by atoms with Crippen LogP contribution in [0.2, 0.25) is 0 Å². The molecule has 0 aliphatic carbocycles. The summed E-state index contributed by atoms with van der Waals surface area (Å²) in [5.41, 5.74) is 0. The lowest BCUT2D eigenvalue weighted by Crippen LogP contribution is -2.17. The van der Waals surface area contributed by atoms with E-state index in [1.165, 1.54) is 0 Å². The molecule has 0 bridgehead atoms. The molecule has 10 heavy (non-hydrogen) atoms. The number of hydrogen-bond acceptors (Lipinski definition) is 1. The molecule has 0 radical (unpaired) electrons. The Morgan fingerprint density at radius 2 is 2.10 bits per heavy atom. The third kappa shape index (κ3) is 6.09. The van der Waals surface area contributed by atoms with E-state index < -0.39 is 0 Å². The van der Waals surface area contributed by atoms with Crippen molar-refractivity contribution in [1.82, 2.24) is 0 Å². The maximum atomic E-state index is 5.99. The molecule has 0 aliphatic heterocycles. The molecule has 0 amide bonds. The van der Waals surface area contributed by atoms with Crippen LogP contribution in [-0.2, 0) is 0 Å². The molecule has 0 spiro atoms. The summed E-state index contributed by atoms with van der Waals surface area (Å²) in [6.45, 7) is 8.02. The minimum atomic E-state index is -0.119. The van der Waals surface area contributed by atoms with Crippen LogP contribution in [0.1, 0.15) is 34.1 Å². The van der Waals surface area contributed by atoms with E-state index in [0.717, 1.165) is 6.42 Å². The number of nitrogens with zero attached hydrogens (tertiary/aromatic N) is 1. The first kappa shape index (κ1) is 9.96. The third-order valence-corrected chi connectivity index (χ3v) is 1.34. The first-order valence-corrected chi connectivity index (χ1v) is 4.00. The Morgan fingerprint density at radius 3 is 2.40 bits per heavy atom. The van der Waals surface area contributed by atoms with Gasteiger partial charge in [-0.15, -0.1) is 11.6 Å². The first-order valence-electron chi connectivity index (χ1n) is 3.62. The van der Waals surface area contributed by atoms with Crippen molar-refractivity contribution in [2.45, 2.75) is 45.0 Å². The highest BCUT2D eigenvalue weighted by atomic mass is 35.5. The van der Waals surface area contributed by atoms with Crippen LogP contribution in [0.4, 0.5) is 0 Å². The second-order valence-electron chi connectivity index (χ2n) is 3.18. The zero-order valence-corrected chi connectivity index (χ0v) is 7.94. The molecule has 0 aromatic carbocycles. The van der Waals surface area contributed by atoms with E-state index in [0.29, 0.717) is 6.04 Å². The molecule has 1 unspecified atom stereocenters. The standard InChI is InChI=1S/C8H16ClN/c1-5-10-7(2)6-8(3,4)9/h5,7H,6H2,1-4H3/b10-5-. The zero-order valence-electron chi connectivity index (χ0n) is 7.19. The molecule has 0 rings (SSSR count). The number of hydrogen-bond donors (Lipinski definition) is 0. The fraction of sp³-hybridized carbons (Fsp3) is 0.875. The van der Waals surface area contributed by atoms with Crippen LogP contribution in [0.5, 0.6) is 0 Å². The summed E-state index contributed by atoms with van der Waals surface area (Å²) in [7, 11) is 0. The van der Waals surface area contributed by atoms with Crippen molar-refractivity contribution >= 4 is 17.8 Å². The Kier molecular flexibility index (Phi) is 3.95. The van der Waals surface area contributed by atoms with Crippen molar-refractivity contribution in [3.8, 4) is 0 Å². The fourth-order valence-electron chi connectivity index (χ4n) is 1.01. The van der Waals surface area contributed by atoms with Crippen LogP contribution >= 0.6 is 11.6 Å². The predicted molar refractivity (Wildman–Crippen MR) is 48.2 cm³/mol. The van der Waals surface area contributed by atoms with Gasteiger partial charge in [0.05, 0.1) is 0 Å². The number of aliphatic imine (C=N–C) groups is 1. The minimum Gasteiger partial charge on any atom is -0.295 e. The second kappa shape index (κ2) is 3.97. The Morgan fingerprint density at radius 1 is 1.60 bits per heavy atom. The predicted octanol–water partition coefficient (Wildman–Crippen LogP) is 2.87. The SMILES string of the molecule is C/C=N\C(C)CC(C)(C)Cl. The largest absolute Gasteiger partial charge is 0.295 e. The molecular formula is C8H16ClN. The quantitative estimate of drug-likeness (QED) is 0.446. The Labute approximate surface area is 68.5 Å². The van der Waals surface area contributed by atoms with Crippen LogP contribution in [0.15, 0.2) is 4.99 Å². The molecule has 60 valence electrons. The van der Waals surface area contributed by atoms with E-state index in [1.807, 2.05) is 27.0 Å². The van der Waals surface area contributed by atoms with E-state index in [-0.39, 0.29) is 4.87 Å². The molecule has 0 aromatic heterocycles. The monoisotopic (exact) mass is 161 g/mol. The maximum Gasteiger partial charge on any atom is 0.0484 e. The van der Waals surface area contributed by atoms with E-state index in [1.54, 1.807) is 0 Å². The first-order chi connectivity index (χ1) is 4.45. The topological polar surface area (TPSA) is 12.4 Å². The van der Waals surface area contributed by atoms with Crippen LogP contribution in [0.25, 0.3) is 0 Å². The Balaban J connectivity index is 3.68. The molecule has 0 heterocycles. The van der Waals surface area contributed by atoms with E-state index in [4.69, 9.17) is 11.6 Å². The van der Waals surface area contributed by atoms with Crippen molar-refractivity contribution in [3.05, 3.63) is 0 Å². The van der Waals surface area contributed by atoms with Gasteiger partial charge in [0.25, 0.3) is 0 Å². The van der Waals surface area contributed by atoms with Gasteiger partial charge in [-0.2, -0.15) is 0 Å². The van der Waals surface area contributed by atoms with Gasteiger partial charge >= 0.3 is 0 Å². The summed E-state index contributed by atoms with van der Waals surface area (Å²) >= 11 is 5.99. The van der Waals surface area contributed by atoms with E-state index >= 15 is 0 Å². The molecule has 0 fully saturated rings. The molecule has 2 heteroatoms. The van der Waals surface area contributed by atoms with Gasteiger partial charge in [0.1, 0.15) is 0 Å². The molecular weight excluding hydrogens is 146 g/mol. The maximum absolute atomic E-state index is 5.99. The summed E-state index contributed by atoms with van der Waals surface area (Å²) in [6, 6.07) is 0.345. The number of halogens is 1. The van der Waals surface area contributed by atoms with Crippen molar-refractivity contribution in [1.29, 1.82) is 0 Å². The lowest BCUT2D eigenvalue weighted by atomic mass is 10.1. The summed E-state index contributed by atoms with van der Waals surface area (Å²) in [5, 5.41) is 0. The highest BCUT2D eigenvalue weighted by Gasteiger charge is 2.16. The van der Waals surface area contributed by atoms with Gasteiger partial charge < -0.3 is 0 Å². The summed E-state index contributed by atoms with van der Waals surface area (Å²) in [5.74, 6) is 0. The molecule has 0 saturated carbocycles. The molecule has 1 nitrogen and oxygen atoms in total. The molecule has 0 aromatic rings. The lowest BCUT2D eigenvalue weighted by molar-refractivity contribution is 0.554. The van der Waals surface area contributed by atoms with Gasteiger partial charge in [-0.3, -0.25) is 4.99 Å². The van der Waals surface area contributed by atoms with Crippen molar-refractivity contribution < 1.29 is 0 Å². The Hall–Kier alpha value is -0.0400. The minimum absolute atomic E-state index is 0.119. The summed E-state index contributed by atoms with van der Waals surface area (Å²) in [6.07, 6.45) is 2.76. The van der Waals surface area contributed by atoms with Gasteiger partial charge in [0.2, 0.25) is 0 Å². The van der Waals surface area contributed by atoms with Crippen molar-refractivity contribution in [2.24, 2.45) is 4.99 Å². The zero-order chi connectivity index (χ0) is 8.20. The van der Waals surface area contributed by atoms with E-state index in [9.17, 15) is 0 Å². The smallest absolute Gasteiger partial charge is 0.0484 e. The number of rotatable bonds is 3. The molecule has 1 atom stereocenters. The van der Waals surface area contributed by atoms with Gasteiger partial charge in [0, 0.05) is 10.9 Å². The van der Waals surface area contributed by atoms with Crippen LogP contribution in [0.3, 0.4) is 0 Å². The Bertz CT molecular complexity index is 113. The van der Waals surface area contributed by atoms with E-state index in [2.05, 4.69) is 11.9 Å². The van der Waals surface area contributed by atoms with Crippen LogP contribution < -0.4 is 0 Å². The van der Waals surface area contributed by atoms with Crippen molar-refractivity contribution in [2.75, 3.05) is 0 Å². The summed E-state index contributed by atoms with van der Waals surface area (Å²) < 4.78 is 0. The van der Waals surface area contributed by atoms with Crippen LogP contribution in [0, 0.1) is 0 Å². The average molecular weight is 162 g/mol. The van der Waals surface area contributed by atoms with Gasteiger partial charge in [0.15, 0.2) is 0 Å². The highest BCUT2D eigenvalue weighted by Crippen LogP contribution is 2.20. The molecule has 0 aliphatic rings. The van der Waals surface area contributed by atoms with Gasteiger partial charge in [-0.25, -0.2) is 0 Å².